The highest BCUT2D eigenvalue weighted by atomic mass is 79.9. The van der Waals surface area contributed by atoms with Gasteiger partial charge < -0.3 is 5.73 Å². The largest absolute Gasteiger partial charge is 0.320 e. The van der Waals surface area contributed by atoms with Crippen molar-refractivity contribution < 1.29 is 0 Å². The minimum atomic E-state index is -0.0736. The lowest BCUT2D eigenvalue weighted by Crippen LogP contribution is -2.10. The molecule has 102 valence electrons. The van der Waals surface area contributed by atoms with Gasteiger partial charge in [0.1, 0.15) is 0 Å². The number of thiophene rings is 1. The van der Waals surface area contributed by atoms with Gasteiger partial charge in [-0.2, -0.15) is 0 Å². The number of benzene rings is 2. The normalized spacial score (nSPS) is 12.8. The van der Waals surface area contributed by atoms with Gasteiger partial charge in [0, 0.05) is 4.88 Å². The average molecular weight is 346 g/mol. The summed E-state index contributed by atoms with van der Waals surface area (Å²) in [6.07, 6.45) is 0. The number of fused-ring (bicyclic) bond motifs is 1. The second kappa shape index (κ2) is 5.32. The van der Waals surface area contributed by atoms with Crippen molar-refractivity contribution in [3.8, 4) is 0 Å². The Bertz CT molecular complexity index is 756. The van der Waals surface area contributed by atoms with Gasteiger partial charge in [-0.15, -0.1) is 11.3 Å². The molecule has 1 nitrogen and oxygen atoms in total. The molecule has 0 bridgehead atoms. The highest BCUT2D eigenvalue weighted by Crippen LogP contribution is 2.35. The van der Waals surface area contributed by atoms with Crippen LogP contribution >= 0.6 is 27.3 Å². The lowest BCUT2D eigenvalue weighted by molar-refractivity contribution is 0.902. The maximum atomic E-state index is 6.50. The molecule has 0 radical (unpaired) electrons. The highest BCUT2D eigenvalue weighted by molar-refractivity contribution is 9.11. The first kappa shape index (κ1) is 13.8. The molecule has 20 heavy (non-hydrogen) atoms. The zero-order valence-electron chi connectivity index (χ0n) is 11.5. The van der Waals surface area contributed by atoms with E-state index in [4.69, 9.17) is 5.73 Å². The molecule has 0 aliphatic rings. The Morgan fingerprint density at radius 3 is 2.35 bits per heavy atom. The smallest absolute Gasteiger partial charge is 0.0731 e. The van der Waals surface area contributed by atoms with Gasteiger partial charge in [0.15, 0.2) is 0 Å². The fourth-order valence-electron chi connectivity index (χ4n) is 2.53. The van der Waals surface area contributed by atoms with Gasteiger partial charge in [-0.1, -0.05) is 36.4 Å². The van der Waals surface area contributed by atoms with Crippen LogP contribution in [0.1, 0.15) is 27.6 Å². The minimum absolute atomic E-state index is 0.0736. The van der Waals surface area contributed by atoms with Crippen LogP contribution in [0, 0.1) is 13.8 Å². The zero-order valence-corrected chi connectivity index (χ0v) is 13.9. The van der Waals surface area contributed by atoms with Crippen molar-refractivity contribution in [1.29, 1.82) is 0 Å². The van der Waals surface area contributed by atoms with E-state index in [1.165, 1.54) is 36.1 Å². The van der Waals surface area contributed by atoms with Crippen LogP contribution in [0.3, 0.4) is 0 Å². The summed E-state index contributed by atoms with van der Waals surface area (Å²) in [7, 11) is 0. The third-order valence-electron chi connectivity index (χ3n) is 3.69. The van der Waals surface area contributed by atoms with Crippen molar-refractivity contribution in [2.75, 3.05) is 0 Å². The van der Waals surface area contributed by atoms with E-state index in [1.807, 2.05) is 0 Å². The van der Waals surface area contributed by atoms with E-state index in [1.54, 1.807) is 11.3 Å². The molecule has 1 aromatic heterocycles. The third-order valence-corrected chi connectivity index (χ3v) is 5.91. The summed E-state index contributed by atoms with van der Waals surface area (Å²) in [5.74, 6) is 0. The Morgan fingerprint density at radius 2 is 1.70 bits per heavy atom. The first-order chi connectivity index (χ1) is 9.58. The SMILES string of the molecule is Cc1cc(C(N)c2ccc(C)c3ccccc23)sc1Br. The van der Waals surface area contributed by atoms with E-state index in [-0.39, 0.29) is 6.04 Å². The molecular weight excluding hydrogens is 330 g/mol. The molecule has 2 aromatic carbocycles. The maximum absolute atomic E-state index is 6.50. The monoisotopic (exact) mass is 345 g/mol. The first-order valence-corrected chi connectivity index (χ1v) is 8.18. The molecule has 3 heteroatoms. The van der Waals surface area contributed by atoms with Crippen LogP contribution in [0.2, 0.25) is 0 Å². The van der Waals surface area contributed by atoms with Gasteiger partial charge in [-0.25, -0.2) is 0 Å². The van der Waals surface area contributed by atoms with Crippen molar-refractivity contribution in [1.82, 2.24) is 0 Å². The van der Waals surface area contributed by atoms with Crippen molar-refractivity contribution in [3.63, 3.8) is 0 Å². The predicted molar refractivity (Wildman–Crippen MR) is 91.5 cm³/mol. The molecule has 0 aliphatic carbocycles. The molecule has 0 aliphatic heterocycles. The fourth-order valence-corrected chi connectivity index (χ4v) is 4.13. The maximum Gasteiger partial charge on any atom is 0.0731 e. The molecule has 2 N–H and O–H groups in total. The second-order valence-electron chi connectivity index (χ2n) is 5.10. The summed E-state index contributed by atoms with van der Waals surface area (Å²) < 4.78 is 1.17. The van der Waals surface area contributed by atoms with E-state index in [9.17, 15) is 0 Å². The van der Waals surface area contributed by atoms with Crippen LogP contribution in [-0.4, -0.2) is 0 Å². The summed E-state index contributed by atoms with van der Waals surface area (Å²) in [4.78, 5) is 1.20. The van der Waals surface area contributed by atoms with E-state index in [2.05, 4.69) is 72.2 Å². The van der Waals surface area contributed by atoms with Gasteiger partial charge in [-0.3, -0.25) is 0 Å². The Morgan fingerprint density at radius 1 is 1.00 bits per heavy atom. The minimum Gasteiger partial charge on any atom is -0.320 e. The fraction of sp³-hybridized carbons (Fsp3) is 0.176. The Hall–Kier alpha value is -1.16. The molecule has 1 atom stereocenters. The zero-order chi connectivity index (χ0) is 14.3. The number of hydrogen-bond acceptors (Lipinski definition) is 2. The van der Waals surface area contributed by atoms with E-state index in [0.717, 1.165) is 0 Å². The summed E-state index contributed by atoms with van der Waals surface area (Å²) in [6, 6.07) is 14.9. The van der Waals surface area contributed by atoms with Crippen LogP contribution in [-0.2, 0) is 0 Å². The van der Waals surface area contributed by atoms with Gasteiger partial charge in [0.25, 0.3) is 0 Å². The van der Waals surface area contributed by atoms with Crippen molar-refractivity contribution in [3.05, 3.63) is 67.8 Å². The first-order valence-electron chi connectivity index (χ1n) is 6.57. The molecule has 1 heterocycles. The van der Waals surface area contributed by atoms with Crippen LogP contribution in [0.15, 0.2) is 46.3 Å². The van der Waals surface area contributed by atoms with Gasteiger partial charge in [-0.05, 0) is 63.3 Å². The van der Waals surface area contributed by atoms with E-state index >= 15 is 0 Å². The number of halogens is 1. The third kappa shape index (κ3) is 2.30. The van der Waals surface area contributed by atoms with Crippen molar-refractivity contribution >= 4 is 38.0 Å². The molecule has 3 rings (SSSR count). The molecular formula is C17H16BrNS. The summed E-state index contributed by atoms with van der Waals surface area (Å²) in [5.41, 5.74) is 10.2. The molecule has 0 fully saturated rings. The van der Waals surface area contributed by atoms with Crippen LogP contribution in [0.25, 0.3) is 10.8 Å². The molecule has 0 saturated carbocycles. The molecule has 0 amide bonds. The molecule has 3 aromatic rings. The van der Waals surface area contributed by atoms with Gasteiger partial charge in [0.05, 0.1) is 9.83 Å². The quantitative estimate of drug-likeness (QED) is 0.667. The summed E-state index contributed by atoms with van der Waals surface area (Å²) in [5, 5.41) is 2.54. The number of nitrogens with two attached hydrogens (primary N) is 1. The molecule has 0 spiro atoms. The van der Waals surface area contributed by atoms with Crippen molar-refractivity contribution in [2.24, 2.45) is 5.73 Å². The summed E-state index contributed by atoms with van der Waals surface area (Å²) in [6.45, 7) is 4.24. The van der Waals surface area contributed by atoms with Crippen LogP contribution in [0.5, 0.6) is 0 Å². The number of aryl methyl sites for hydroxylation is 2. The average Bonchev–Trinajstić information content (AvgIpc) is 2.79. The standard InChI is InChI=1S/C17H16BrNS/c1-10-7-8-14(13-6-4-3-5-12(10)13)16(19)15-9-11(2)17(18)20-15/h3-9,16H,19H2,1-2H3. The Kier molecular flexibility index (Phi) is 3.67. The van der Waals surface area contributed by atoms with Crippen LogP contribution < -0.4 is 5.73 Å². The van der Waals surface area contributed by atoms with E-state index in [0.29, 0.717) is 0 Å². The van der Waals surface area contributed by atoms with Gasteiger partial charge >= 0.3 is 0 Å². The molecule has 1 unspecified atom stereocenters. The van der Waals surface area contributed by atoms with Gasteiger partial charge in [0.2, 0.25) is 0 Å². The Balaban J connectivity index is 2.17. The lowest BCUT2D eigenvalue weighted by Gasteiger charge is -2.14. The second-order valence-corrected chi connectivity index (χ2v) is 7.50. The Labute approximate surface area is 131 Å². The summed E-state index contributed by atoms with van der Waals surface area (Å²) >= 11 is 5.30. The number of rotatable bonds is 2. The topological polar surface area (TPSA) is 26.0 Å². The van der Waals surface area contributed by atoms with Crippen LogP contribution in [0.4, 0.5) is 0 Å². The van der Waals surface area contributed by atoms with Crippen molar-refractivity contribution in [2.45, 2.75) is 19.9 Å². The predicted octanol–water partition coefficient (Wildman–Crippen LogP) is 5.33. The molecule has 0 saturated heterocycles. The lowest BCUT2D eigenvalue weighted by atomic mass is 9.95. The number of hydrogen-bond donors (Lipinski definition) is 1. The highest BCUT2D eigenvalue weighted by Gasteiger charge is 2.16. The van der Waals surface area contributed by atoms with E-state index < -0.39 is 0 Å².